The number of carbonyl (C=O) groups excluding carboxylic acids is 3. The lowest BCUT2D eigenvalue weighted by Crippen LogP contribution is -2.45. The van der Waals surface area contributed by atoms with Gasteiger partial charge in [0.15, 0.2) is 0 Å². The van der Waals surface area contributed by atoms with Crippen LogP contribution < -0.4 is 15.4 Å². The Kier molecular flexibility index (Phi) is 7.75. The molecule has 2 N–H and O–H groups in total. The number of alkyl halides is 2. The monoisotopic (exact) mass is 445 g/mol. The summed E-state index contributed by atoms with van der Waals surface area (Å²) >= 11 is 0. The molecule has 0 spiro atoms. The van der Waals surface area contributed by atoms with Crippen LogP contribution in [0.5, 0.6) is 5.75 Å². The molecule has 7 nitrogen and oxygen atoms in total. The van der Waals surface area contributed by atoms with Crippen LogP contribution in [0.2, 0.25) is 0 Å². The van der Waals surface area contributed by atoms with Crippen LogP contribution in [-0.2, 0) is 11.3 Å². The van der Waals surface area contributed by atoms with Gasteiger partial charge in [0, 0.05) is 32.2 Å². The fourth-order valence-electron chi connectivity index (χ4n) is 3.64. The molecule has 2 aromatic carbocycles. The van der Waals surface area contributed by atoms with Crippen molar-refractivity contribution >= 4 is 17.7 Å². The fraction of sp³-hybridized carbons (Fsp3) is 0.348. The highest BCUT2D eigenvalue weighted by Gasteiger charge is 2.30. The maximum Gasteiger partial charge on any atom is 0.387 e. The van der Waals surface area contributed by atoms with Gasteiger partial charge in [0.2, 0.25) is 5.91 Å². The lowest BCUT2D eigenvalue weighted by atomic mass is 9.96. The minimum Gasteiger partial charge on any atom is -0.434 e. The molecule has 170 valence electrons. The predicted molar refractivity (Wildman–Crippen MR) is 113 cm³/mol. The highest BCUT2D eigenvalue weighted by atomic mass is 19.3. The van der Waals surface area contributed by atoms with Crippen LogP contribution in [0, 0.1) is 5.92 Å². The van der Waals surface area contributed by atoms with E-state index >= 15 is 0 Å². The molecular weight excluding hydrogens is 420 g/mol. The van der Waals surface area contributed by atoms with E-state index in [1.54, 1.807) is 37.4 Å². The maximum absolute atomic E-state index is 12.9. The van der Waals surface area contributed by atoms with Gasteiger partial charge in [-0.15, -0.1) is 0 Å². The highest BCUT2D eigenvalue weighted by Crippen LogP contribution is 2.25. The van der Waals surface area contributed by atoms with E-state index in [1.165, 1.54) is 23.1 Å². The molecule has 1 aliphatic heterocycles. The number of amides is 3. The quantitative estimate of drug-likeness (QED) is 0.686. The van der Waals surface area contributed by atoms with E-state index in [2.05, 4.69) is 15.4 Å². The van der Waals surface area contributed by atoms with Gasteiger partial charge in [-0.25, -0.2) is 0 Å². The van der Waals surface area contributed by atoms with Crippen molar-refractivity contribution in [1.82, 2.24) is 15.5 Å². The molecule has 0 aromatic heterocycles. The van der Waals surface area contributed by atoms with E-state index in [-0.39, 0.29) is 29.7 Å². The summed E-state index contributed by atoms with van der Waals surface area (Å²) in [7, 11) is 1.55. The Balaban J connectivity index is 1.59. The van der Waals surface area contributed by atoms with Crippen molar-refractivity contribution in [2.45, 2.75) is 26.0 Å². The van der Waals surface area contributed by atoms with Crippen molar-refractivity contribution in [2.24, 2.45) is 5.92 Å². The lowest BCUT2D eigenvalue weighted by molar-refractivity contribution is -0.126. The van der Waals surface area contributed by atoms with Gasteiger partial charge in [-0.2, -0.15) is 8.78 Å². The van der Waals surface area contributed by atoms with Crippen LogP contribution in [0.1, 0.15) is 39.1 Å². The third kappa shape index (κ3) is 5.81. The number of likely N-dealkylation sites (tertiary alicyclic amines) is 1. The Morgan fingerprint density at radius 2 is 1.84 bits per heavy atom. The van der Waals surface area contributed by atoms with E-state index in [9.17, 15) is 23.2 Å². The normalized spacial score (nSPS) is 15.9. The second-order valence-electron chi connectivity index (χ2n) is 7.46. The number of hydrogen-bond acceptors (Lipinski definition) is 4. The first-order valence-electron chi connectivity index (χ1n) is 10.3. The molecule has 1 atom stereocenters. The average molecular weight is 445 g/mol. The van der Waals surface area contributed by atoms with Crippen molar-refractivity contribution < 1.29 is 27.9 Å². The molecule has 1 fully saturated rings. The average Bonchev–Trinajstić information content (AvgIpc) is 2.82. The van der Waals surface area contributed by atoms with E-state index < -0.39 is 18.4 Å². The Morgan fingerprint density at radius 1 is 1.12 bits per heavy atom. The molecule has 1 saturated heterocycles. The number of halogens is 2. The molecule has 0 bridgehead atoms. The van der Waals surface area contributed by atoms with Gasteiger partial charge >= 0.3 is 6.61 Å². The predicted octanol–water partition coefficient (Wildman–Crippen LogP) is 2.82. The van der Waals surface area contributed by atoms with Crippen molar-refractivity contribution in [3.8, 4) is 5.75 Å². The van der Waals surface area contributed by atoms with Gasteiger partial charge < -0.3 is 20.3 Å². The maximum atomic E-state index is 12.9. The van der Waals surface area contributed by atoms with Crippen molar-refractivity contribution in [1.29, 1.82) is 0 Å². The van der Waals surface area contributed by atoms with Crippen LogP contribution in [0.15, 0.2) is 48.5 Å². The molecule has 2 aromatic rings. The number of carbonyl (C=O) groups is 3. The fourth-order valence-corrected chi connectivity index (χ4v) is 3.64. The molecule has 9 heteroatoms. The van der Waals surface area contributed by atoms with Crippen molar-refractivity contribution in [2.75, 3.05) is 20.1 Å². The van der Waals surface area contributed by atoms with Gasteiger partial charge in [-0.3, -0.25) is 14.4 Å². The van der Waals surface area contributed by atoms with Crippen LogP contribution in [-0.4, -0.2) is 49.4 Å². The topological polar surface area (TPSA) is 87.7 Å². The third-order valence-corrected chi connectivity index (χ3v) is 5.32. The van der Waals surface area contributed by atoms with Crippen LogP contribution >= 0.6 is 0 Å². The summed E-state index contributed by atoms with van der Waals surface area (Å²) in [6, 6.07) is 12.7. The van der Waals surface area contributed by atoms with E-state index in [4.69, 9.17) is 0 Å². The van der Waals surface area contributed by atoms with Crippen LogP contribution in [0.25, 0.3) is 0 Å². The summed E-state index contributed by atoms with van der Waals surface area (Å²) in [6.07, 6.45) is 1.25. The summed E-state index contributed by atoms with van der Waals surface area (Å²) in [6.45, 7) is -2.10. The summed E-state index contributed by atoms with van der Waals surface area (Å²) < 4.78 is 29.8. The number of rotatable bonds is 7. The molecule has 1 unspecified atom stereocenters. The second kappa shape index (κ2) is 10.7. The van der Waals surface area contributed by atoms with E-state index in [0.29, 0.717) is 31.5 Å². The first-order valence-corrected chi connectivity index (χ1v) is 10.3. The summed E-state index contributed by atoms with van der Waals surface area (Å²) in [5, 5.41) is 5.41. The number of piperidine rings is 1. The molecule has 0 radical (unpaired) electrons. The Morgan fingerprint density at radius 3 is 2.53 bits per heavy atom. The zero-order valence-corrected chi connectivity index (χ0v) is 17.6. The van der Waals surface area contributed by atoms with Gasteiger partial charge in [0.25, 0.3) is 11.8 Å². The first-order chi connectivity index (χ1) is 15.4. The Labute approximate surface area is 184 Å². The molecule has 3 amide bonds. The number of hydrogen-bond donors (Lipinski definition) is 2. The van der Waals surface area contributed by atoms with E-state index in [0.717, 1.165) is 5.56 Å². The SMILES string of the molecule is CNC(=O)c1ccc(CNC(=O)C2CCCN(C(=O)c3ccccc3OC(F)F)C2)cc1. The van der Waals surface area contributed by atoms with Crippen molar-refractivity contribution in [3.05, 3.63) is 65.2 Å². The molecule has 1 aliphatic rings. The van der Waals surface area contributed by atoms with E-state index in [1.807, 2.05) is 0 Å². The Hall–Kier alpha value is -3.49. The second-order valence-corrected chi connectivity index (χ2v) is 7.46. The first kappa shape index (κ1) is 23.2. The number of para-hydroxylation sites is 1. The third-order valence-electron chi connectivity index (χ3n) is 5.32. The van der Waals surface area contributed by atoms with Gasteiger partial charge in [-0.05, 0) is 42.7 Å². The number of nitrogens with zero attached hydrogens (tertiary/aromatic N) is 1. The van der Waals surface area contributed by atoms with Crippen molar-refractivity contribution in [3.63, 3.8) is 0 Å². The van der Waals surface area contributed by atoms with Gasteiger partial charge in [0.05, 0.1) is 11.5 Å². The van der Waals surface area contributed by atoms with Gasteiger partial charge in [-0.1, -0.05) is 24.3 Å². The highest BCUT2D eigenvalue weighted by molar-refractivity contribution is 5.97. The largest absolute Gasteiger partial charge is 0.434 e. The molecule has 3 rings (SSSR count). The summed E-state index contributed by atoms with van der Waals surface area (Å²) in [5.74, 6) is -1.40. The molecule has 1 heterocycles. The number of ether oxygens (including phenoxy) is 1. The summed E-state index contributed by atoms with van der Waals surface area (Å²) in [4.78, 5) is 38.7. The zero-order valence-electron chi connectivity index (χ0n) is 17.6. The molecule has 0 aliphatic carbocycles. The Bertz CT molecular complexity index is 966. The summed E-state index contributed by atoms with van der Waals surface area (Å²) in [5.41, 5.74) is 1.41. The number of benzene rings is 2. The van der Waals surface area contributed by atoms with Crippen LogP contribution in [0.4, 0.5) is 8.78 Å². The molecular formula is C23H25F2N3O4. The minimum absolute atomic E-state index is 0.0464. The smallest absolute Gasteiger partial charge is 0.387 e. The number of nitrogens with one attached hydrogen (secondary N) is 2. The molecule has 32 heavy (non-hydrogen) atoms. The zero-order chi connectivity index (χ0) is 23.1. The van der Waals surface area contributed by atoms with Gasteiger partial charge in [0.1, 0.15) is 5.75 Å². The molecule has 0 saturated carbocycles. The van der Waals surface area contributed by atoms with Crippen LogP contribution in [0.3, 0.4) is 0 Å². The lowest BCUT2D eigenvalue weighted by Gasteiger charge is -2.32. The minimum atomic E-state index is -3.03. The standard InChI is InChI=1S/C23H25F2N3O4/c1-26-20(29)16-10-8-15(9-11-16)13-27-21(30)17-5-4-12-28(14-17)22(31)18-6-2-3-7-19(18)32-23(24)25/h2-3,6-11,17,23H,4-5,12-14H2,1H3,(H,26,29)(H,27,30).